The molecule has 0 atom stereocenters. The summed E-state index contributed by atoms with van der Waals surface area (Å²) < 4.78 is 1.76. The largest absolute Gasteiger partial charge is 0.481 e. The molecule has 2 heterocycles. The third-order valence-electron chi connectivity index (χ3n) is 2.13. The highest BCUT2D eigenvalue weighted by Crippen LogP contribution is 2.05. The fourth-order valence-electron chi connectivity index (χ4n) is 1.41. The first kappa shape index (κ1) is 9.64. The van der Waals surface area contributed by atoms with Gasteiger partial charge in [-0.15, -0.1) is 0 Å². The molecule has 0 aliphatic carbocycles. The van der Waals surface area contributed by atoms with E-state index in [9.17, 15) is 4.79 Å². The van der Waals surface area contributed by atoms with Crippen LogP contribution in [0.1, 0.15) is 18.2 Å². The number of hydrogen-bond acceptors (Lipinski definition) is 3. The molecule has 78 valence electrons. The summed E-state index contributed by atoms with van der Waals surface area (Å²) in [5, 5.41) is 8.64. The van der Waals surface area contributed by atoms with Crippen LogP contribution in [0, 0.1) is 0 Å². The Morgan fingerprint density at radius 3 is 3.00 bits per heavy atom. The van der Waals surface area contributed by atoms with Crippen LogP contribution in [0.2, 0.25) is 0 Å². The number of aliphatic carboxylic acids is 1. The first-order valence-corrected chi connectivity index (χ1v) is 4.73. The molecule has 2 aromatic heterocycles. The van der Waals surface area contributed by atoms with Gasteiger partial charge in [0.2, 0.25) is 5.78 Å². The van der Waals surface area contributed by atoms with Crippen LogP contribution >= 0.6 is 0 Å². The third kappa shape index (κ3) is 1.96. The van der Waals surface area contributed by atoms with Crippen molar-refractivity contribution in [3.05, 3.63) is 29.8 Å². The Morgan fingerprint density at radius 2 is 2.33 bits per heavy atom. The molecule has 0 aromatic carbocycles. The summed E-state index contributed by atoms with van der Waals surface area (Å²) in [6, 6.07) is 0. The lowest BCUT2D eigenvalue weighted by Crippen LogP contribution is -2.02. The standard InChI is InChI=1S/C10H11N3O2/c1-2-8-6-13-5-7(3-9(14)15)4-11-10(13)12-8/h4-6H,2-3H2,1H3,(H,14,15). The summed E-state index contributed by atoms with van der Waals surface area (Å²) in [6.45, 7) is 2.01. The zero-order chi connectivity index (χ0) is 10.8. The molecule has 0 saturated carbocycles. The molecule has 0 bridgehead atoms. The molecule has 0 aliphatic heterocycles. The zero-order valence-electron chi connectivity index (χ0n) is 8.34. The Hall–Kier alpha value is -1.91. The summed E-state index contributed by atoms with van der Waals surface area (Å²) in [5.74, 6) is -0.243. The third-order valence-corrected chi connectivity index (χ3v) is 2.13. The van der Waals surface area contributed by atoms with E-state index in [1.54, 1.807) is 16.8 Å². The van der Waals surface area contributed by atoms with Crippen LogP contribution in [0.15, 0.2) is 18.6 Å². The van der Waals surface area contributed by atoms with E-state index in [2.05, 4.69) is 9.97 Å². The molecular formula is C10H11N3O2. The van der Waals surface area contributed by atoms with E-state index in [1.165, 1.54) is 0 Å². The predicted molar refractivity (Wildman–Crippen MR) is 53.7 cm³/mol. The topological polar surface area (TPSA) is 67.5 Å². The normalized spacial score (nSPS) is 10.7. The molecule has 2 rings (SSSR count). The number of carboxylic acids is 1. The zero-order valence-corrected chi connectivity index (χ0v) is 8.34. The second-order valence-electron chi connectivity index (χ2n) is 3.33. The fraction of sp³-hybridized carbons (Fsp3) is 0.300. The molecule has 0 fully saturated rings. The lowest BCUT2D eigenvalue weighted by Gasteiger charge is -1.96. The van der Waals surface area contributed by atoms with Crippen molar-refractivity contribution >= 4 is 11.7 Å². The molecule has 5 nitrogen and oxygen atoms in total. The highest BCUT2D eigenvalue weighted by Gasteiger charge is 2.04. The van der Waals surface area contributed by atoms with Crippen LogP contribution < -0.4 is 0 Å². The van der Waals surface area contributed by atoms with Gasteiger partial charge in [-0.1, -0.05) is 6.92 Å². The Balaban J connectivity index is 2.41. The van der Waals surface area contributed by atoms with Gasteiger partial charge in [0, 0.05) is 18.6 Å². The Kier molecular flexibility index (Phi) is 2.37. The fourth-order valence-corrected chi connectivity index (χ4v) is 1.41. The van der Waals surface area contributed by atoms with Crippen LogP contribution in [0.25, 0.3) is 5.78 Å². The first-order chi connectivity index (χ1) is 7.19. The molecule has 0 amide bonds. The summed E-state index contributed by atoms with van der Waals surface area (Å²) in [4.78, 5) is 18.9. The summed E-state index contributed by atoms with van der Waals surface area (Å²) >= 11 is 0. The van der Waals surface area contributed by atoms with Crippen LogP contribution in [0.4, 0.5) is 0 Å². The second-order valence-corrected chi connectivity index (χ2v) is 3.33. The number of fused-ring (bicyclic) bond motifs is 1. The van der Waals surface area contributed by atoms with Gasteiger partial charge in [0.15, 0.2) is 0 Å². The van der Waals surface area contributed by atoms with E-state index in [0.717, 1.165) is 12.1 Å². The molecule has 15 heavy (non-hydrogen) atoms. The minimum Gasteiger partial charge on any atom is -0.481 e. The number of carboxylic acid groups (broad SMARTS) is 1. The minimum absolute atomic E-state index is 0.0113. The monoisotopic (exact) mass is 205 g/mol. The van der Waals surface area contributed by atoms with E-state index in [4.69, 9.17) is 5.11 Å². The van der Waals surface area contributed by atoms with Gasteiger partial charge in [-0.05, 0) is 12.0 Å². The number of carbonyl (C=O) groups is 1. The van der Waals surface area contributed by atoms with Crippen LogP contribution in [-0.4, -0.2) is 25.4 Å². The average Bonchev–Trinajstić information content (AvgIpc) is 2.58. The van der Waals surface area contributed by atoms with E-state index < -0.39 is 5.97 Å². The lowest BCUT2D eigenvalue weighted by molar-refractivity contribution is -0.136. The van der Waals surface area contributed by atoms with Gasteiger partial charge in [0.25, 0.3) is 0 Å². The number of rotatable bonds is 3. The molecule has 0 saturated heterocycles. The molecule has 2 aromatic rings. The molecule has 5 heteroatoms. The van der Waals surface area contributed by atoms with Crippen molar-refractivity contribution in [3.8, 4) is 0 Å². The average molecular weight is 205 g/mol. The predicted octanol–water partition coefficient (Wildman–Crippen LogP) is 0.919. The van der Waals surface area contributed by atoms with Gasteiger partial charge in [0.1, 0.15) is 0 Å². The number of aryl methyl sites for hydroxylation is 1. The van der Waals surface area contributed by atoms with Gasteiger partial charge in [-0.25, -0.2) is 9.97 Å². The Labute approximate surface area is 86.4 Å². The van der Waals surface area contributed by atoms with Crippen molar-refractivity contribution < 1.29 is 9.90 Å². The van der Waals surface area contributed by atoms with Crippen molar-refractivity contribution in [1.82, 2.24) is 14.4 Å². The van der Waals surface area contributed by atoms with Crippen molar-refractivity contribution in [2.45, 2.75) is 19.8 Å². The molecule has 0 unspecified atom stereocenters. The van der Waals surface area contributed by atoms with Gasteiger partial charge >= 0.3 is 5.97 Å². The lowest BCUT2D eigenvalue weighted by atomic mass is 10.2. The number of imidazole rings is 1. The van der Waals surface area contributed by atoms with Gasteiger partial charge in [-0.3, -0.25) is 9.20 Å². The highest BCUT2D eigenvalue weighted by molar-refractivity contribution is 5.69. The van der Waals surface area contributed by atoms with E-state index in [0.29, 0.717) is 11.3 Å². The van der Waals surface area contributed by atoms with Crippen LogP contribution in [0.3, 0.4) is 0 Å². The van der Waals surface area contributed by atoms with Gasteiger partial charge in [0.05, 0.1) is 12.1 Å². The molecule has 0 radical (unpaired) electrons. The molecular weight excluding hydrogens is 194 g/mol. The van der Waals surface area contributed by atoms with Crippen molar-refractivity contribution in [2.24, 2.45) is 0 Å². The minimum atomic E-state index is -0.855. The highest BCUT2D eigenvalue weighted by atomic mass is 16.4. The molecule has 0 spiro atoms. The van der Waals surface area contributed by atoms with Crippen LogP contribution in [0.5, 0.6) is 0 Å². The maximum Gasteiger partial charge on any atom is 0.307 e. The number of hydrogen-bond donors (Lipinski definition) is 1. The SMILES string of the molecule is CCc1cn2cc(CC(=O)O)cnc2n1. The van der Waals surface area contributed by atoms with Crippen LogP contribution in [-0.2, 0) is 17.6 Å². The Bertz CT molecular complexity index is 504. The smallest absolute Gasteiger partial charge is 0.307 e. The van der Waals surface area contributed by atoms with Crippen molar-refractivity contribution in [2.75, 3.05) is 0 Å². The van der Waals surface area contributed by atoms with E-state index in [1.807, 2.05) is 13.1 Å². The Morgan fingerprint density at radius 1 is 1.53 bits per heavy atom. The summed E-state index contributed by atoms with van der Waals surface area (Å²) in [7, 11) is 0. The summed E-state index contributed by atoms with van der Waals surface area (Å²) in [6.07, 6.45) is 6.01. The number of aromatic nitrogens is 3. The molecule has 0 aliphatic rings. The van der Waals surface area contributed by atoms with Gasteiger partial charge < -0.3 is 5.11 Å². The second kappa shape index (κ2) is 3.68. The quantitative estimate of drug-likeness (QED) is 0.809. The van der Waals surface area contributed by atoms with E-state index >= 15 is 0 Å². The number of nitrogens with zero attached hydrogens (tertiary/aromatic N) is 3. The maximum absolute atomic E-state index is 10.5. The van der Waals surface area contributed by atoms with E-state index in [-0.39, 0.29) is 6.42 Å². The van der Waals surface area contributed by atoms with Gasteiger partial charge in [-0.2, -0.15) is 0 Å². The summed E-state index contributed by atoms with van der Waals surface area (Å²) in [5.41, 5.74) is 1.63. The van der Waals surface area contributed by atoms with Crippen molar-refractivity contribution in [3.63, 3.8) is 0 Å². The maximum atomic E-state index is 10.5. The van der Waals surface area contributed by atoms with Crippen molar-refractivity contribution in [1.29, 1.82) is 0 Å². The first-order valence-electron chi connectivity index (χ1n) is 4.73. The molecule has 1 N–H and O–H groups in total.